The number of nitriles is 1. The van der Waals surface area contributed by atoms with Crippen molar-refractivity contribution in [3.05, 3.63) is 65.0 Å². The molecule has 0 aliphatic rings. The standard InChI is InChI=1S/C16H15FN2O/c17-16-13(10-19)5-3-6-14(16)11-20-15-7-2-1-4-12(15)8-9-18/h1-7H,8-9,11,18H2. The van der Waals surface area contributed by atoms with E-state index >= 15 is 0 Å². The molecule has 4 heteroatoms. The molecule has 102 valence electrons. The van der Waals surface area contributed by atoms with E-state index < -0.39 is 5.82 Å². The summed E-state index contributed by atoms with van der Waals surface area (Å²) < 4.78 is 19.6. The van der Waals surface area contributed by atoms with Gasteiger partial charge in [0.1, 0.15) is 24.2 Å². The number of hydrogen-bond acceptors (Lipinski definition) is 3. The molecule has 0 amide bonds. The van der Waals surface area contributed by atoms with Crippen LogP contribution in [-0.2, 0) is 13.0 Å². The van der Waals surface area contributed by atoms with Crippen LogP contribution in [0.3, 0.4) is 0 Å². The highest BCUT2D eigenvalue weighted by Gasteiger charge is 2.09. The molecule has 3 nitrogen and oxygen atoms in total. The van der Waals surface area contributed by atoms with Crippen LogP contribution >= 0.6 is 0 Å². The maximum Gasteiger partial charge on any atom is 0.147 e. The Morgan fingerprint density at radius 1 is 1.10 bits per heavy atom. The minimum Gasteiger partial charge on any atom is -0.489 e. The summed E-state index contributed by atoms with van der Waals surface area (Å²) in [5.74, 6) is 0.172. The second-order valence-electron chi connectivity index (χ2n) is 4.33. The number of rotatable bonds is 5. The lowest BCUT2D eigenvalue weighted by atomic mass is 10.1. The predicted molar refractivity (Wildman–Crippen MR) is 74.6 cm³/mol. The topological polar surface area (TPSA) is 59.0 Å². The van der Waals surface area contributed by atoms with Crippen LogP contribution < -0.4 is 10.5 Å². The molecule has 0 aromatic heterocycles. The first-order valence-electron chi connectivity index (χ1n) is 6.34. The summed E-state index contributed by atoms with van der Waals surface area (Å²) in [6, 6.07) is 14.1. The Bertz CT molecular complexity index is 635. The fourth-order valence-electron chi connectivity index (χ4n) is 1.94. The molecule has 0 saturated carbocycles. The normalized spacial score (nSPS) is 10.1. The SMILES string of the molecule is N#Cc1cccc(COc2ccccc2CCN)c1F. The Balaban J connectivity index is 2.15. The first kappa shape index (κ1) is 14.0. The number of halogens is 1. The molecule has 2 N–H and O–H groups in total. The Hall–Kier alpha value is -2.38. The number of para-hydroxylation sites is 1. The van der Waals surface area contributed by atoms with Gasteiger partial charge in [-0.2, -0.15) is 5.26 Å². The number of nitrogens with zero attached hydrogens (tertiary/aromatic N) is 1. The van der Waals surface area contributed by atoms with Crippen molar-refractivity contribution in [2.75, 3.05) is 6.54 Å². The van der Waals surface area contributed by atoms with E-state index in [9.17, 15) is 4.39 Å². The molecule has 0 unspecified atom stereocenters. The molecule has 20 heavy (non-hydrogen) atoms. The van der Waals surface area contributed by atoms with Gasteiger partial charge in [-0.1, -0.05) is 30.3 Å². The van der Waals surface area contributed by atoms with E-state index in [-0.39, 0.29) is 12.2 Å². The average Bonchev–Trinajstić information content (AvgIpc) is 2.48. The van der Waals surface area contributed by atoms with Crippen LogP contribution in [0.2, 0.25) is 0 Å². The van der Waals surface area contributed by atoms with E-state index in [1.807, 2.05) is 30.3 Å². The second-order valence-corrected chi connectivity index (χ2v) is 4.33. The van der Waals surface area contributed by atoms with E-state index in [1.54, 1.807) is 12.1 Å². The zero-order valence-electron chi connectivity index (χ0n) is 11.0. The van der Waals surface area contributed by atoms with Gasteiger partial charge in [-0.25, -0.2) is 4.39 Å². The molecule has 0 fully saturated rings. The Morgan fingerprint density at radius 2 is 1.85 bits per heavy atom. The summed E-state index contributed by atoms with van der Waals surface area (Å²) in [7, 11) is 0. The molecule has 2 rings (SSSR count). The molecular formula is C16H15FN2O. The predicted octanol–water partition coefficient (Wildman–Crippen LogP) is 2.78. The first-order valence-corrected chi connectivity index (χ1v) is 6.34. The number of benzene rings is 2. The van der Waals surface area contributed by atoms with Gasteiger partial charge in [0.2, 0.25) is 0 Å². The molecular weight excluding hydrogens is 255 g/mol. The summed E-state index contributed by atoms with van der Waals surface area (Å²) in [4.78, 5) is 0. The molecule has 2 aromatic rings. The highest BCUT2D eigenvalue weighted by atomic mass is 19.1. The first-order chi connectivity index (χ1) is 9.76. The Kier molecular flexibility index (Phi) is 4.70. The Morgan fingerprint density at radius 3 is 2.60 bits per heavy atom. The van der Waals surface area contributed by atoms with Gasteiger partial charge < -0.3 is 10.5 Å². The highest BCUT2D eigenvalue weighted by molar-refractivity contribution is 5.36. The fraction of sp³-hybridized carbons (Fsp3) is 0.188. The van der Waals surface area contributed by atoms with Gasteiger partial charge in [0.15, 0.2) is 0 Å². The number of hydrogen-bond donors (Lipinski definition) is 1. The van der Waals surface area contributed by atoms with Crippen LogP contribution in [0.15, 0.2) is 42.5 Å². The van der Waals surface area contributed by atoms with Crippen molar-refractivity contribution >= 4 is 0 Å². The van der Waals surface area contributed by atoms with Gasteiger partial charge in [-0.15, -0.1) is 0 Å². The van der Waals surface area contributed by atoms with Crippen molar-refractivity contribution in [2.24, 2.45) is 5.73 Å². The van der Waals surface area contributed by atoms with Gasteiger partial charge in [-0.05, 0) is 30.7 Å². The monoisotopic (exact) mass is 270 g/mol. The van der Waals surface area contributed by atoms with Gasteiger partial charge in [0.25, 0.3) is 0 Å². The molecule has 0 radical (unpaired) electrons. The van der Waals surface area contributed by atoms with E-state index in [0.29, 0.717) is 24.3 Å². The van der Waals surface area contributed by atoms with Gasteiger partial charge in [-0.3, -0.25) is 0 Å². The lowest BCUT2D eigenvalue weighted by molar-refractivity contribution is 0.296. The third-order valence-corrected chi connectivity index (χ3v) is 2.97. The summed E-state index contributed by atoms with van der Waals surface area (Å²) in [6.45, 7) is 0.613. The highest BCUT2D eigenvalue weighted by Crippen LogP contribution is 2.21. The summed E-state index contributed by atoms with van der Waals surface area (Å²) in [5, 5.41) is 8.80. The minimum absolute atomic E-state index is 0.0290. The van der Waals surface area contributed by atoms with Crippen LogP contribution in [0.5, 0.6) is 5.75 Å². The zero-order valence-corrected chi connectivity index (χ0v) is 11.0. The summed E-state index contributed by atoms with van der Waals surface area (Å²) >= 11 is 0. The Labute approximate surface area is 117 Å². The van der Waals surface area contributed by atoms with E-state index in [0.717, 1.165) is 5.56 Å². The lowest BCUT2D eigenvalue weighted by Crippen LogP contribution is -2.06. The maximum absolute atomic E-state index is 13.9. The van der Waals surface area contributed by atoms with Crippen molar-refractivity contribution < 1.29 is 9.13 Å². The molecule has 2 aromatic carbocycles. The van der Waals surface area contributed by atoms with E-state index in [2.05, 4.69) is 0 Å². The lowest BCUT2D eigenvalue weighted by Gasteiger charge is -2.11. The largest absolute Gasteiger partial charge is 0.489 e. The quantitative estimate of drug-likeness (QED) is 0.908. The van der Waals surface area contributed by atoms with Crippen LogP contribution in [0.1, 0.15) is 16.7 Å². The van der Waals surface area contributed by atoms with Crippen molar-refractivity contribution in [1.82, 2.24) is 0 Å². The molecule has 0 atom stereocenters. The number of ether oxygens (including phenoxy) is 1. The smallest absolute Gasteiger partial charge is 0.147 e. The summed E-state index contributed by atoms with van der Waals surface area (Å²) in [5.41, 5.74) is 6.94. The third kappa shape index (κ3) is 3.14. The average molecular weight is 270 g/mol. The van der Waals surface area contributed by atoms with Gasteiger partial charge >= 0.3 is 0 Å². The molecule has 0 aliphatic heterocycles. The molecule has 0 saturated heterocycles. The maximum atomic E-state index is 13.9. The van der Waals surface area contributed by atoms with Crippen LogP contribution in [0.4, 0.5) is 4.39 Å². The van der Waals surface area contributed by atoms with Gasteiger partial charge in [0.05, 0.1) is 5.56 Å². The zero-order chi connectivity index (χ0) is 14.4. The van der Waals surface area contributed by atoms with Crippen LogP contribution in [0, 0.1) is 17.1 Å². The molecule has 0 spiro atoms. The van der Waals surface area contributed by atoms with E-state index in [1.165, 1.54) is 6.07 Å². The fourth-order valence-corrected chi connectivity index (χ4v) is 1.94. The molecule has 0 heterocycles. The molecule has 0 aliphatic carbocycles. The van der Waals surface area contributed by atoms with Crippen LogP contribution in [0.25, 0.3) is 0 Å². The summed E-state index contributed by atoms with van der Waals surface area (Å²) in [6.07, 6.45) is 0.705. The van der Waals surface area contributed by atoms with Crippen molar-refractivity contribution in [3.8, 4) is 11.8 Å². The second kappa shape index (κ2) is 6.69. The van der Waals surface area contributed by atoms with E-state index in [4.69, 9.17) is 15.7 Å². The van der Waals surface area contributed by atoms with Crippen molar-refractivity contribution in [2.45, 2.75) is 13.0 Å². The minimum atomic E-state index is -0.522. The van der Waals surface area contributed by atoms with Crippen LogP contribution in [-0.4, -0.2) is 6.54 Å². The van der Waals surface area contributed by atoms with Gasteiger partial charge in [0, 0.05) is 5.56 Å². The third-order valence-electron chi connectivity index (χ3n) is 2.97. The van der Waals surface area contributed by atoms with Crippen molar-refractivity contribution in [3.63, 3.8) is 0 Å². The molecule has 0 bridgehead atoms. The number of nitrogens with two attached hydrogens (primary N) is 1. The van der Waals surface area contributed by atoms with Crippen molar-refractivity contribution in [1.29, 1.82) is 5.26 Å².